The van der Waals surface area contributed by atoms with E-state index in [2.05, 4.69) is 4.98 Å². The largest absolute Gasteiger partial charge is 0.508 e. The van der Waals surface area contributed by atoms with Gasteiger partial charge in [-0.15, -0.1) is 0 Å². The zero-order chi connectivity index (χ0) is 19.9. The van der Waals surface area contributed by atoms with Crippen molar-refractivity contribution in [1.29, 1.82) is 0 Å². The summed E-state index contributed by atoms with van der Waals surface area (Å²) in [5, 5.41) is 9.34. The SMILES string of the molecule is O=C1C(c2ccc(O)cc2)CN1c1ccc(-c2cncc(C(F)(F)F)c2)cc1. The van der Waals surface area contributed by atoms with Crippen molar-refractivity contribution in [2.24, 2.45) is 0 Å². The molecule has 1 aliphatic heterocycles. The molecule has 4 rings (SSSR count). The van der Waals surface area contributed by atoms with Gasteiger partial charge in [-0.1, -0.05) is 24.3 Å². The zero-order valence-electron chi connectivity index (χ0n) is 14.5. The molecule has 0 saturated carbocycles. The number of aromatic nitrogens is 1. The predicted octanol–water partition coefficient (Wildman–Crippen LogP) is 4.60. The second kappa shape index (κ2) is 6.67. The molecule has 0 bridgehead atoms. The fraction of sp³-hybridized carbons (Fsp3) is 0.143. The molecule has 1 unspecified atom stereocenters. The number of hydrogen-bond donors (Lipinski definition) is 1. The number of halogens is 3. The summed E-state index contributed by atoms with van der Waals surface area (Å²) in [5.74, 6) is -0.167. The standard InChI is InChI=1S/C21H15F3N2O2/c22-21(23,24)16-9-15(10-25-11-16)13-1-5-17(6-2-13)26-12-19(20(26)28)14-3-7-18(27)8-4-14/h1-11,19,27H,12H2. The summed E-state index contributed by atoms with van der Waals surface area (Å²) in [5.41, 5.74) is 1.67. The van der Waals surface area contributed by atoms with Gasteiger partial charge in [0, 0.05) is 30.2 Å². The lowest BCUT2D eigenvalue weighted by Gasteiger charge is -2.38. The number of nitrogens with zero attached hydrogens (tertiary/aromatic N) is 2. The number of phenols is 1. The number of anilines is 1. The first-order chi connectivity index (χ1) is 13.3. The lowest BCUT2D eigenvalue weighted by molar-refractivity contribution is -0.137. The highest BCUT2D eigenvalue weighted by molar-refractivity contribution is 6.05. The first-order valence-corrected chi connectivity index (χ1v) is 8.56. The topological polar surface area (TPSA) is 53.4 Å². The van der Waals surface area contributed by atoms with Crippen molar-refractivity contribution in [1.82, 2.24) is 4.98 Å². The first-order valence-electron chi connectivity index (χ1n) is 8.56. The van der Waals surface area contributed by atoms with Crippen molar-refractivity contribution < 1.29 is 23.1 Å². The van der Waals surface area contributed by atoms with E-state index in [0.717, 1.165) is 17.8 Å². The predicted molar refractivity (Wildman–Crippen MR) is 97.9 cm³/mol. The summed E-state index contributed by atoms with van der Waals surface area (Å²) in [7, 11) is 0. The van der Waals surface area contributed by atoms with Crippen LogP contribution in [0.15, 0.2) is 67.0 Å². The number of phenolic OH excluding ortho intramolecular Hbond substituents is 1. The third-order valence-corrected chi connectivity index (χ3v) is 4.80. The molecule has 4 nitrogen and oxygen atoms in total. The van der Waals surface area contributed by atoms with Gasteiger partial charge in [0.2, 0.25) is 5.91 Å². The molecule has 0 aliphatic carbocycles. The van der Waals surface area contributed by atoms with Crippen LogP contribution in [0.4, 0.5) is 18.9 Å². The molecular weight excluding hydrogens is 369 g/mol. The molecule has 28 heavy (non-hydrogen) atoms. The van der Waals surface area contributed by atoms with Gasteiger partial charge in [0.15, 0.2) is 0 Å². The Balaban J connectivity index is 1.50. The van der Waals surface area contributed by atoms with Crippen molar-refractivity contribution in [2.45, 2.75) is 12.1 Å². The Bertz CT molecular complexity index is 1020. The number of β-lactam (4-membered cyclic amide) rings is 1. The van der Waals surface area contributed by atoms with Gasteiger partial charge in [0.1, 0.15) is 5.75 Å². The molecule has 0 spiro atoms. The van der Waals surface area contributed by atoms with Crippen molar-refractivity contribution in [2.75, 3.05) is 11.4 Å². The lowest BCUT2D eigenvalue weighted by Crippen LogP contribution is -2.50. The molecule has 2 aromatic carbocycles. The normalized spacial score (nSPS) is 16.8. The van der Waals surface area contributed by atoms with Gasteiger partial charge in [0.25, 0.3) is 0 Å². The van der Waals surface area contributed by atoms with Crippen LogP contribution in [0.25, 0.3) is 11.1 Å². The molecule has 2 heterocycles. The highest BCUT2D eigenvalue weighted by Gasteiger charge is 2.38. The van der Waals surface area contributed by atoms with Crippen molar-refractivity contribution >= 4 is 11.6 Å². The summed E-state index contributed by atoms with van der Waals surface area (Å²) in [6.07, 6.45) is -2.28. The third kappa shape index (κ3) is 3.31. The van der Waals surface area contributed by atoms with Crippen LogP contribution in [0, 0.1) is 0 Å². The van der Waals surface area contributed by atoms with Gasteiger partial charge >= 0.3 is 6.18 Å². The molecular formula is C21H15F3N2O2. The Hall–Kier alpha value is -3.35. The lowest BCUT2D eigenvalue weighted by atomic mass is 9.89. The molecule has 1 amide bonds. The van der Waals surface area contributed by atoms with Gasteiger partial charge in [-0.05, 0) is 41.5 Å². The van der Waals surface area contributed by atoms with Crippen LogP contribution in [-0.4, -0.2) is 22.5 Å². The summed E-state index contributed by atoms with van der Waals surface area (Å²) in [6.45, 7) is 0.508. The number of pyridine rings is 1. The van der Waals surface area contributed by atoms with E-state index in [-0.39, 0.29) is 17.6 Å². The smallest absolute Gasteiger partial charge is 0.417 e. The van der Waals surface area contributed by atoms with Gasteiger partial charge in [-0.25, -0.2) is 0 Å². The fourth-order valence-corrected chi connectivity index (χ4v) is 3.20. The summed E-state index contributed by atoms with van der Waals surface area (Å²) in [6, 6.07) is 14.4. The molecule has 1 N–H and O–H groups in total. The average molecular weight is 384 g/mol. The minimum Gasteiger partial charge on any atom is -0.508 e. The maximum atomic E-state index is 12.9. The van der Waals surface area contributed by atoms with Crippen molar-refractivity contribution in [3.05, 3.63) is 78.1 Å². The van der Waals surface area contributed by atoms with Crippen LogP contribution in [0.1, 0.15) is 17.0 Å². The number of alkyl halides is 3. The zero-order valence-corrected chi connectivity index (χ0v) is 14.5. The van der Waals surface area contributed by atoms with Crippen LogP contribution in [0.2, 0.25) is 0 Å². The van der Waals surface area contributed by atoms with Gasteiger partial charge in [-0.2, -0.15) is 13.2 Å². The number of carbonyl (C=O) groups excluding carboxylic acids is 1. The number of carbonyl (C=O) groups is 1. The Morgan fingerprint density at radius 1 is 0.964 bits per heavy atom. The van der Waals surface area contributed by atoms with E-state index in [9.17, 15) is 23.1 Å². The maximum absolute atomic E-state index is 12.9. The Morgan fingerprint density at radius 3 is 2.25 bits per heavy atom. The molecule has 0 radical (unpaired) electrons. The summed E-state index contributed by atoms with van der Waals surface area (Å²) < 4.78 is 38.6. The molecule has 142 valence electrons. The molecule has 1 atom stereocenters. The Kier molecular flexibility index (Phi) is 4.30. The number of aromatic hydroxyl groups is 1. The molecule has 1 aliphatic rings. The number of benzene rings is 2. The van der Waals surface area contributed by atoms with Crippen LogP contribution in [0.5, 0.6) is 5.75 Å². The molecule has 1 aromatic heterocycles. The van der Waals surface area contributed by atoms with E-state index < -0.39 is 11.7 Å². The quantitative estimate of drug-likeness (QED) is 0.672. The van der Waals surface area contributed by atoms with Crippen molar-refractivity contribution in [3.8, 4) is 16.9 Å². The molecule has 1 fully saturated rings. The minimum absolute atomic E-state index is 0.0563. The molecule has 3 aromatic rings. The van der Waals surface area contributed by atoms with Gasteiger partial charge in [-0.3, -0.25) is 9.78 Å². The van der Waals surface area contributed by atoms with E-state index >= 15 is 0 Å². The van der Waals surface area contributed by atoms with E-state index in [1.807, 2.05) is 0 Å². The third-order valence-electron chi connectivity index (χ3n) is 4.80. The van der Waals surface area contributed by atoms with Crippen LogP contribution in [-0.2, 0) is 11.0 Å². The second-order valence-electron chi connectivity index (χ2n) is 6.60. The second-order valence-corrected chi connectivity index (χ2v) is 6.60. The van der Waals surface area contributed by atoms with Crippen LogP contribution >= 0.6 is 0 Å². The fourth-order valence-electron chi connectivity index (χ4n) is 3.20. The van der Waals surface area contributed by atoms with E-state index in [1.165, 1.54) is 6.20 Å². The van der Waals surface area contributed by atoms with Gasteiger partial charge < -0.3 is 10.0 Å². The highest BCUT2D eigenvalue weighted by atomic mass is 19.4. The average Bonchev–Trinajstić information content (AvgIpc) is 2.68. The Labute approximate surface area is 158 Å². The van der Waals surface area contributed by atoms with Crippen LogP contribution < -0.4 is 4.90 Å². The van der Waals surface area contributed by atoms with Crippen molar-refractivity contribution in [3.63, 3.8) is 0 Å². The number of hydrogen-bond acceptors (Lipinski definition) is 3. The van der Waals surface area contributed by atoms with Crippen LogP contribution in [0.3, 0.4) is 0 Å². The van der Waals surface area contributed by atoms with Gasteiger partial charge in [0.05, 0.1) is 11.5 Å². The molecule has 1 saturated heterocycles. The summed E-state index contributed by atoms with van der Waals surface area (Å²) >= 11 is 0. The monoisotopic (exact) mass is 384 g/mol. The van der Waals surface area contributed by atoms with E-state index in [4.69, 9.17) is 0 Å². The number of amides is 1. The summed E-state index contributed by atoms with van der Waals surface area (Å²) in [4.78, 5) is 17.8. The minimum atomic E-state index is -4.45. The van der Waals surface area contributed by atoms with E-state index in [1.54, 1.807) is 53.4 Å². The number of rotatable bonds is 3. The Morgan fingerprint density at radius 2 is 1.64 bits per heavy atom. The van der Waals surface area contributed by atoms with E-state index in [0.29, 0.717) is 23.4 Å². The highest BCUT2D eigenvalue weighted by Crippen LogP contribution is 2.35. The molecule has 7 heteroatoms. The maximum Gasteiger partial charge on any atom is 0.417 e. The first kappa shape index (κ1) is 18.0.